The van der Waals surface area contributed by atoms with Crippen molar-refractivity contribution in [2.45, 2.75) is 24.9 Å². The van der Waals surface area contributed by atoms with Gasteiger partial charge in [-0.05, 0) is 12.0 Å². The molecule has 0 amide bonds. The Kier molecular flexibility index (Phi) is 3.31. The Balaban J connectivity index is 3.42. The molecule has 16 heavy (non-hydrogen) atoms. The lowest BCUT2D eigenvalue weighted by molar-refractivity contribution is -0.180. The maximum absolute atomic E-state index is 13.2. The van der Waals surface area contributed by atoms with E-state index in [-0.39, 0.29) is 17.7 Å². The fourth-order valence-corrected chi connectivity index (χ4v) is 1.89. The van der Waals surface area contributed by atoms with E-state index >= 15 is 0 Å². The molecule has 0 saturated carbocycles. The second kappa shape index (κ2) is 4.20. The first-order chi connectivity index (χ1) is 7.36. The van der Waals surface area contributed by atoms with E-state index in [1.54, 1.807) is 18.2 Å². The van der Waals surface area contributed by atoms with Gasteiger partial charge in [-0.1, -0.05) is 43.8 Å². The smallest absolute Gasteiger partial charge is 0.402 e. The predicted molar refractivity (Wildman–Crippen MR) is 57.8 cm³/mol. The molecule has 1 aromatic carbocycles. The van der Waals surface area contributed by atoms with Crippen LogP contribution in [0.5, 0.6) is 0 Å². The lowest BCUT2D eigenvalue weighted by Gasteiger charge is -2.35. The van der Waals surface area contributed by atoms with Crippen molar-refractivity contribution in [2.75, 3.05) is 0 Å². The SMILES string of the molecule is C=C(N)[C@@](CC)(c1ccccc1)C(F)(F)F. The summed E-state index contributed by atoms with van der Waals surface area (Å²) in [7, 11) is 0. The molecule has 1 aromatic rings. The average Bonchev–Trinajstić information content (AvgIpc) is 2.18. The second-order valence-corrected chi connectivity index (χ2v) is 3.65. The molecule has 1 atom stereocenters. The number of alkyl halides is 3. The first-order valence-corrected chi connectivity index (χ1v) is 4.93. The van der Waals surface area contributed by atoms with E-state index in [2.05, 4.69) is 6.58 Å². The van der Waals surface area contributed by atoms with Crippen molar-refractivity contribution in [1.82, 2.24) is 0 Å². The number of rotatable bonds is 3. The standard InChI is InChI=1S/C12H14F3N/c1-3-11(9(2)16,12(13,14)15)10-7-5-4-6-8-10/h4-8H,2-3,16H2,1H3/t11-/m0/s1. The van der Waals surface area contributed by atoms with Crippen molar-refractivity contribution >= 4 is 0 Å². The molecule has 1 nitrogen and oxygen atoms in total. The predicted octanol–water partition coefficient (Wildman–Crippen LogP) is 3.37. The molecule has 0 aliphatic heterocycles. The molecule has 0 radical (unpaired) electrons. The van der Waals surface area contributed by atoms with Crippen LogP contribution in [0.1, 0.15) is 18.9 Å². The summed E-state index contributed by atoms with van der Waals surface area (Å²) in [5, 5.41) is 0. The molecule has 1 rings (SSSR count). The molecule has 88 valence electrons. The van der Waals surface area contributed by atoms with E-state index in [4.69, 9.17) is 5.73 Å². The van der Waals surface area contributed by atoms with E-state index in [1.165, 1.54) is 19.1 Å². The van der Waals surface area contributed by atoms with Crippen LogP contribution in [0.3, 0.4) is 0 Å². The molecule has 0 aliphatic rings. The zero-order valence-electron chi connectivity index (χ0n) is 9.01. The molecule has 0 bridgehead atoms. The lowest BCUT2D eigenvalue weighted by Crippen LogP contribution is -2.45. The summed E-state index contributed by atoms with van der Waals surface area (Å²) in [6.07, 6.45) is -4.59. The summed E-state index contributed by atoms with van der Waals surface area (Å²) in [5.74, 6) is 0. The zero-order chi connectivity index (χ0) is 12.4. The van der Waals surface area contributed by atoms with Crippen LogP contribution in [-0.4, -0.2) is 6.18 Å². The van der Waals surface area contributed by atoms with Gasteiger partial charge in [-0.3, -0.25) is 0 Å². The molecule has 2 N–H and O–H groups in total. The second-order valence-electron chi connectivity index (χ2n) is 3.65. The van der Waals surface area contributed by atoms with Gasteiger partial charge in [0.1, 0.15) is 5.41 Å². The van der Waals surface area contributed by atoms with Crippen molar-refractivity contribution in [3.05, 3.63) is 48.2 Å². The molecule has 0 aliphatic carbocycles. The van der Waals surface area contributed by atoms with Gasteiger partial charge in [0.25, 0.3) is 0 Å². The molecule has 4 heteroatoms. The summed E-state index contributed by atoms with van der Waals surface area (Å²) in [5.41, 5.74) is 3.01. The molecule has 0 unspecified atom stereocenters. The number of hydrogen-bond acceptors (Lipinski definition) is 1. The van der Waals surface area contributed by atoms with Gasteiger partial charge in [0.15, 0.2) is 0 Å². The number of allylic oxidation sites excluding steroid dienone is 1. The van der Waals surface area contributed by atoms with E-state index in [0.29, 0.717) is 0 Å². The van der Waals surface area contributed by atoms with Gasteiger partial charge in [0, 0.05) is 5.70 Å². The summed E-state index contributed by atoms with van der Waals surface area (Å²) in [6.45, 7) is 4.76. The largest absolute Gasteiger partial charge is 0.403 e. The van der Waals surface area contributed by atoms with Crippen molar-refractivity contribution < 1.29 is 13.2 Å². The monoisotopic (exact) mass is 229 g/mol. The Hall–Kier alpha value is -1.45. The molecular weight excluding hydrogens is 215 g/mol. The third kappa shape index (κ3) is 1.79. The summed E-state index contributed by atoms with van der Waals surface area (Å²) in [4.78, 5) is 0. The van der Waals surface area contributed by atoms with Crippen LogP contribution in [-0.2, 0) is 5.41 Å². The highest BCUT2D eigenvalue weighted by molar-refractivity contribution is 5.36. The maximum Gasteiger partial charge on any atom is 0.403 e. The molecule has 0 saturated heterocycles. The fourth-order valence-electron chi connectivity index (χ4n) is 1.89. The van der Waals surface area contributed by atoms with Crippen molar-refractivity contribution in [3.8, 4) is 0 Å². The number of hydrogen-bond donors (Lipinski definition) is 1. The normalized spacial score (nSPS) is 15.5. The van der Waals surface area contributed by atoms with Crippen molar-refractivity contribution in [3.63, 3.8) is 0 Å². The van der Waals surface area contributed by atoms with Crippen LogP contribution in [0.15, 0.2) is 42.6 Å². The quantitative estimate of drug-likeness (QED) is 0.844. The van der Waals surface area contributed by atoms with Crippen molar-refractivity contribution in [1.29, 1.82) is 0 Å². The van der Waals surface area contributed by atoms with Gasteiger partial charge in [-0.2, -0.15) is 13.2 Å². The maximum atomic E-state index is 13.2. The topological polar surface area (TPSA) is 26.0 Å². The third-order valence-electron chi connectivity index (χ3n) is 2.83. The summed E-state index contributed by atoms with van der Waals surface area (Å²) in [6, 6.07) is 7.65. The van der Waals surface area contributed by atoms with Gasteiger partial charge in [0.2, 0.25) is 0 Å². The van der Waals surface area contributed by atoms with E-state index in [0.717, 1.165) is 0 Å². The van der Waals surface area contributed by atoms with Crippen LogP contribution in [0, 0.1) is 0 Å². The molecular formula is C12H14F3N. The Labute approximate surface area is 92.8 Å². The highest BCUT2D eigenvalue weighted by Gasteiger charge is 2.55. The molecule has 0 fully saturated rings. The highest BCUT2D eigenvalue weighted by Crippen LogP contribution is 2.46. The minimum Gasteiger partial charge on any atom is -0.402 e. The Morgan fingerprint density at radius 2 is 1.75 bits per heavy atom. The van der Waals surface area contributed by atoms with Crippen LogP contribution in [0.4, 0.5) is 13.2 Å². The van der Waals surface area contributed by atoms with Crippen LogP contribution < -0.4 is 5.73 Å². The average molecular weight is 229 g/mol. The first-order valence-electron chi connectivity index (χ1n) is 4.93. The van der Waals surface area contributed by atoms with Crippen LogP contribution in [0.25, 0.3) is 0 Å². The molecule has 0 heterocycles. The molecule has 0 spiro atoms. The van der Waals surface area contributed by atoms with E-state index in [1.807, 2.05) is 0 Å². The van der Waals surface area contributed by atoms with Gasteiger partial charge in [-0.25, -0.2) is 0 Å². The molecule has 0 aromatic heterocycles. The van der Waals surface area contributed by atoms with E-state index < -0.39 is 11.6 Å². The zero-order valence-corrected chi connectivity index (χ0v) is 9.01. The fraction of sp³-hybridized carbons (Fsp3) is 0.333. The van der Waals surface area contributed by atoms with Gasteiger partial charge >= 0.3 is 6.18 Å². The highest BCUT2D eigenvalue weighted by atomic mass is 19.4. The third-order valence-corrected chi connectivity index (χ3v) is 2.83. The summed E-state index contributed by atoms with van der Waals surface area (Å²) >= 11 is 0. The minimum atomic E-state index is -4.44. The van der Waals surface area contributed by atoms with Gasteiger partial charge in [-0.15, -0.1) is 0 Å². The van der Waals surface area contributed by atoms with Gasteiger partial charge < -0.3 is 5.73 Å². The number of halogens is 3. The summed E-state index contributed by atoms with van der Waals surface area (Å²) < 4.78 is 39.5. The number of nitrogens with two attached hydrogens (primary N) is 1. The Bertz CT molecular complexity index is 370. The Morgan fingerprint density at radius 3 is 2.06 bits per heavy atom. The first kappa shape index (κ1) is 12.6. The van der Waals surface area contributed by atoms with Crippen molar-refractivity contribution in [2.24, 2.45) is 5.73 Å². The van der Waals surface area contributed by atoms with E-state index in [9.17, 15) is 13.2 Å². The number of benzene rings is 1. The Morgan fingerprint density at radius 1 is 1.25 bits per heavy atom. The lowest BCUT2D eigenvalue weighted by atomic mass is 9.75. The van der Waals surface area contributed by atoms with Crippen LogP contribution >= 0.6 is 0 Å². The van der Waals surface area contributed by atoms with Gasteiger partial charge in [0.05, 0.1) is 0 Å². The van der Waals surface area contributed by atoms with Crippen LogP contribution in [0.2, 0.25) is 0 Å². The minimum absolute atomic E-state index is 0.137.